The van der Waals surface area contributed by atoms with E-state index in [1.807, 2.05) is 49.4 Å². The molecule has 27 heavy (non-hydrogen) atoms. The summed E-state index contributed by atoms with van der Waals surface area (Å²) in [5.41, 5.74) is 1.04. The third-order valence-corrected chi connectivity index (χ3v) is 5.75. The number of aliphatic carboxylic acids is 1. The third kappa shape index (κ3) is 5.19. The van der Waals surface area contributed by atoms with Crippen LogP contribution in [-0.2, 0) is 16.0 Å². The molecule has 0 saturated heterocycles. The molecule has 0 aromatic heterocycles. The first-order valence-corrected chi connectivity index (χ1v) is 9.96. The SMILES string of the molecule is COc1ccc(CSc2cc(OC)ccc2C(C)(CC(C)C)C(=O)O)cc1. The number of methoxy groups -OCH3 is 2. The van der Waals surface area contributed by atoms with E-state index in [0.717, 1.165) is 33.3 Å². The molecule has 0 aliphatic carbocycles. The average molecular weight is 389 g/mol. The van der Waals surface area contributed by atoms with E-state index in [9.17, 15) is 9.90 Å². The van der Waals surface area contributed by atoms with Gasteiger partial charge in [-0.2, -0.15) is 0 Å². The lowest BCUT2D eigenvalue weighted by Gasteiger charge is -2.29. The molecule has 2 aromatic rings. The maximum Gasteiger partial charge on any atom is 0.313 e. The van der Waals surface area contributed by atoms with Crippen LogP contribution in [0.2, 0.25) is 0 Å². The number of benzene rings is 2. The highest BCUT2D eigenvalue weighted by Gasteiger charge is 2.37. The maximum absolute atomic E-state index is 12.2. The highest BCUT2D eigenvalue weighted by molar-refractivity contribution is 7.98. The van der Waals surface area contributed by atoms with Crippen LogP contribution in [-0.4, -0.2) is 25.3 Å². The quantitative estimate of drug-likeness (QED) is 0.584. The molecule has 4 nitrogen and oxygen atoms in total. The van der Waals surface area contributed by atoms with E-state index in [4.69, 9.17) is 9.47 Å². The number of carbonyl (C=O) groups is 1. The second-order valence-electron chi connectivity index (χ2n) is 7.23. The highest BCUT2D eigenvalue weighted by atomic mass is 32.2. The van der Waals surface area contributed by atoms with Gasteiger partial charge in [0.15, 0.2) is 0 Å². The lowest BCUT2D eigenvalue weighted by Crippen LogP contribution is -2.34. The fraction of sp³-hybridized carbons (Fsp3) is 0.409. The van der Waals surface area contributed by atoms with Crippen molar-refractivity contribution >= 4 is 17.7 Å². The van der Waals surface area contributed by atoms with Crippen LogP contribution in [0.25, 0.3) is 0 Å². The summed E-state index contributed by atoms with van der Waals surface area (Å²) in [4.78, 5) is 13.1. The molecule has 146 valence electrons. The van der Waals surface area contributed by atoms with Crippen LogP contribution in [0.1, 0.15) is 38.3 Å². The average Bonchev–Trinajstić information content (AvgIpc) is 2.65. The Morgan fingerprint density at radius 3 is 2.19 bits per heavy atom. The van der Waals surface area contributed by atoms with Gasteiger partial charge in [0.05, 0.1) is 19.6 Å². The summed E-state index contributed by atoms with van der Waals surface area (Å²) >= 11 is 1.63. The molecule has 0 fully saturated rings. The van der Waals surface area contributed by atoms with Crippen LogP contribution in [0.4, 0.5) is 0 Å². The molecule has 0 amide bonds. The van der Waals surface area contributed by atoms with Gasteiger partial charge in [-0.1, -0.05) is 32.0 Å². The van der Waals surface area contributed by atoms with Crippen molar-refractivity contribution < 1.29 is 19.4 Å². The Hall–Kier alpha value is -2.14. The van der Waals surface area contributed by atoms with Gasteiger partial charge in [-0.05, 0) is 54.7 Å². The summed E-state index contributed by atoms with van der Waals surface area (Å²) in [6, 6.07) is 13.6. The Labute approximate surface area is 165 Å². The summed E-state index contributed by atoms with van der Waals surface area (Å²) < 4.78 is 10.6. The first kappa shape index (κ1) is 21.2. The van der Waals surface area contributed by atoms with E-state index in [1.54, 1.807) is 26.0 Å². The summed E-state index contributed by atoms with van der Waals surface area (Å²) in [5.74, 6) is 1.76. The predicted molar refractivity (Wildman–Crippen MR) is 110 cm³/mol. The monoisotopic (exact) mass is 388 g/mol. The Bertz CT molecular complexity index is 770. The number of carboxylic acid groups (broad SMARTS) is 1. The molecule has 1 N–H and O–H groups in total. The molecular weight excluding hydrogens is 360 g/mol. The standard InChI is InChI=1S/C22H28O4S/c1-15(2)13-22(3,21(23)24)19-11-10-18(26-5)12-20(19)27-14-16-6-8-17(25-4)9-7-16/h6-12,15H,13-14H2,1-5H3,(H,23,24). The lowest BCUT2D eigenvalue weighted by atomic mass is 9.76. The Kier molecular flexibility index (Phi) is 7.19. The van der Waals surface area contributed by atoms with Crippen molar-refractivity contribution in [1.29, 1.82) is 0 Å². The summed E-state index contributed by atoms with van der Waals surface area (Å²) in [6.45, 7) is 5.92. The Balaban J connectivity index is 2.36. The van der Waals surface area contributed by atoms with Gasteiger partial charge in [0.1, 0.15) is 11.5 Å². The molecule has 0 radical (unpaired) electrons. The highest BCUT2D eigenvalue weighted by Crippen LogP contribution is 2.40. The van der Waals surface area contributed by atoms with Gasteiger partial charge >= 0.3 is 5.97 Å². The van der Waals surface area contributed by atoms with Crippen LogP contribution >= 0.6 is 11.8 Å². The molecule has 1 atom stereocenters. The van der Waals surface area contributed by atoms with Gasteiger partial charge in [0.25, 0.3) is 0 Å². The van der Waals surface area contributed by atoms with Crippen LogP contribution in [0.5, 0.6) is 11.5 Å². The van der Waals surface area contributed by atoms with Crippen molar-refractivity contribution in [1.82, 2.24) is 0 Å². The van der Waals surface area contributed by atoms with Crippen LogP contribution in [0.3, 0.4) is 0 Å². The summed E-state index contributed by atoms with van der Waals surface area (Å²) in [7, 11) is 3.27. The summed E-state index contributed by atoms with van der Waals surface area (Å²) in [5, 5.41) is 9.97. The largest absolute Gasteiger partial charge is 0.497 e. The molecule has 2 rings (SSSR count). The zero-order valence-electron chi connectivity index (χ0n) is 16.6. The second-order valence-corrected chi connectivity index (χ2v) is 8.25. The molecule has 0 aliphatic heterocycles. The first-order chi connectivity index (χ1) is 12.8. The topological polar surface area (TPSA) is 55.8 Å². The van der Waals surface area contributed by atoms with Crippen molar-refractivity contribution in [3.63, 3.8) is 0 Å². The number of hydrogen-bond acceptors (Lipinski definition) is 4. The van der Waals surface area contributed by atoms with E-state index in [2.05, 4.69) is 13.8 Å². The van der Waals surface area contributed by atoms with Gasteiger partial charge in [-0.15, -0.1) is 11.8 Å². The number of carboxylic acids is 1. The van der Waals surface area contributed by atoms with Crippen molar-refractivity contribution in [2.75, 3.05) is 14.2 Å². The smallest absolute Gasteiger partial charge is 0.313 e. The molecule has 0 heterocycles. The zero-order valence-corrected chi connectivity index (χ0v) is 17.4. The first-order valence-electron chi connectivity index (χ1n) is 8.97. The number of thioether (sulfide) groups is 1. The maximum atomic E-state index is 12.2. The van der Waals surface area contributed by atoms with Gasteiger partial charge in [0.2, 0.25) is 0 Å². The number of hydrogen-bond donors (Lipinski definition) is 1. The number of rotatable bonds is 9. The molecule has 0 aliphatic rings. The molecule has 2 aromatic carbocycles. The lowest BCUT2D eigenvalue weighted by molar-refractivity contribution is -0.144. The molecule has 1 unspecified atom stereocenters. The van der Waals surface area contributed by atoms with Crippen molar-refractivity contribution in [2.24, 2.45) is 5.92 Å². The van der Waals surface area contributed by atoms with Gasteiger partial charge in [-0.25, -0.2) is 0 Å². The second kappa shape index (κ2) is 9.18. The normalized spacial score (nSPS) is 13.3. The molecular formula is C22H28O4S. The van der Waals surface area contributed by atoms with E-state index < -0.39 is 11.4 Å². The van der Waals surface area contributed by atoms with Crippen molar-refractivity contribution in [3.8, 4) is 11.5 Å². The fourth-order valence-corrected chi connectivity index (χ4v) is 4.38. The van der Waals surface area contributed by atoms with Crippen molar-refractivity contribution in [3.05, 3.63) is 53.6 Å². The molecule has 0 saturated carbocycles. The van der Waals surface area contributed by atoms with E-state index in [0.29, 0.717) is 6.42 Å². The third-order valence-electron chi connectivity index (χ3n) is 4.63. The minimum atomic E-state index is -0.942. The summed E-state index contributed by atoms with van der Waals surface area (Å²) in [6.07, 6.45) is 0.574. The minimum Gasteiger partial charge on any atom is -0.497 e. The van der Waals surface area contributed by atoms with Gasteiger partial charge < -0.3 is 14.6 Å². The van der Waals surface area contributed by atoms with E-state index >= 15 is 0 Å². The van der Waals surface area contributed by atoms with Crippen LogP contribution in [0, 0.1) is 5.92 Å². The Morgan fingerprint density at radius 2 is 1.67 bits per heavy atom. The fourth-order valence-electron chi connectivity index (χ4n) is 3.22. The molecule has 0 spiro atoms. The van der Waals surface area contributed by atoms with Gasteiger partial charge in [-0.3, -0.25) is 4.79 Å². The van der Waals surface area contributed by atoms with Gasteiger partial charge in [0, 0.05) is 10.6 Å². The van der Waals surface area contributed by atoms with E-state index in [-0.39, 0.29) is 5.92 Å². The number of ether oxygens (including phenoxy) is 2. The van der Waals surface area contributed by atoms with Crippen molar-refractivity contribution in [2.45, 2.75) is 43.3 Å². The molecule has 0 bridgehead atoms. The minimum absolute atomic E-state index is 0.271. The zero-order chi connectivity index (χ0) is 20.0. The molecule has 5 heteroatoms. The Morgan fingerprint density at radius 1 is 1.07 bits per heavy atom. The predicted octanol–water partition coefficient (Wildman–Crippen LogP) is 5.38. The van der Waals surface area contributed by atoms with Crippen LogP contribution in [0.15, 0.2) is 47.4 Å². The van der Waals surface area contributed by atoms with Crippen LogP contribution < -0.4 is 9.47 Å². The van der Waals surface area contributed by atoms with E-state index in [1.165, 1.54) is 0 Å².